The molecule has 3 N–H and O–H groups in total. The average Bonchev–Trinajstić information content (AvgIpc) is 2.05. The highest BCUT2D eigenvalue weighted by molar-refractivity contribution is 7.99. The summed E-state index contributed by atoms with van der Waals surface area (Å²) in [4.78, 5) is 11.2. The Morgan fingerprint density at radius 2 is 2.15 bits per heavy atom. The zero-order chi connectivity index (χ0) is 10.3. The van der Waals surface area contributed by atoms with E-state index in [1.807, 2.05) is 13.8 Å². The monoisotopic (exact) mass is 204 g/mol. The van der Waals surface area contributed by atoms with E-state index in [1.54, 1.807) is 11.8 Å². The molecule has 1 unspecified atom stereocenters. The summed E-state index contributed by atoms with van der Waals surface area (Å²) in [5.74, 6) is 1.57. The van der Waals surface area contributed by atoms with E-state index in [0.29, 0.717) is 0 Å². The molecular formula is C9H20N2OS. The smallest absolute Gasteiger partial charge is 0.238 e. The summed E-state index contributed by atoms with van der Waals surface area (Å²) >= 11 is 1.77. The first-order valence-electron chi connectivity index (χ1n) is 4.69. The minimum absolute atomic E-state index is 0.266. The van der Waals surface area contributed by atoms with Gasteiger partial charge in [-0.3, -0.25) is 4.79 Å². The van der Waals surface area contributed by atoms with Crippen LogP contribution < -0.4 is 11.1 Å². The number of hydrogen-bond donors (Lipinski definition) is 2. The molecule has 4 heteroatoms. The van der Waals surface area contributed by atoms with Gasteiger partial charge in [0, 0.05) is 5.75 Å². The number of hydrogen-bond acceptors (Lipinski definition) is 3. The van der Waals surface area contributed by atoms with Crippen LogP contribution >= 0.6 is 11.8 Å². The quantitative estimate of drug-likeness (QED) is 0.608. The van der Waals surface area contributed by atoms with Crippen LogP contribution in [-0.2, 0) is 4.79 Å². The zero-order valence-electron chi connectivity index (χ0n) is 8.72. The van der Waals surface area contributed by atoms with Crippen molar-refractivity contribution < 1.29 is 4.79 Å². The van der Waals surface area contributed by atoms with Crippen LogP contribution in [0.1, 0.15) is 27.2 Å². The molecule has 0 radical (unpaired) electrons. The van der Waals surface area contributed by atoms with E-state index >= 15 is 0 Å². The van der Waals surface area contributed by atoms with Crippen LogP contribution in [0.5, 0.6) is 0 Å². The lowest BCUT2D eigenvalue weighted by Crippen LogP contribution is -2.55. The lowest BCUT2D eigenvalue weighted by Gasteiger charge is -2.26. The van der Waals surface area contributed by atoms with Crippen LogP contribution in [0.4, 0.5) is 0 Å². The van der Waals surface area contributed by atoms with Crippen LogP contribution in [0.3, 0.4) is 0 Å². The Labute approximate surface area is 84.8 Å². The Morgan fingerprint density at radius 1 is 1.54 bits per heavy atom. The molecule has 78 valence electrons. The van der Waals surface area contributed by atoms with Crippen molar-refractivity contribution in [1.82, 2.24) is 5.32 Å². The maximum absolute atomic E-state index is 11.2. The Morgan fingerprint density at radius 3 is 2.54 bits per heavy atom. The van der Waals surface area contributed by atoms with Gasteiger partial charge in [0.2, 0.25) is 5.91 Å². The van der Waals surface area contributed by atoms with Crippen molar-refractivity contribution >= 4 is 17.7 Å². The fourth-order valence-electron chi connectivity index (χ4n) is 1.02. The lowest BCUT2D eigenvalue weighted by atomic mass is 10.1. The third-order valence-electron chi connectivity index (χ3n) is 1.85. The molecule has 0 heterocycles. The third-order valence-corrected chi connectivity index (χ3v) is 3.33. The Bertz CT molecular complexity index is 164. The molecule has 0 saturated carbocycles. The standard InChI is InChI=1S/C9H20N2OS/c1-4-6-13-7-9(3,8(10)12)11-5-2/h11H,4-7H2,1-3H3,(H2,10,12). The van der Waals surface area contributed by atoms with Crippen molar-refractivity contribution in [2.24, 2.45) is 5.73 Å². The predicted octanol–water partition coefficient (Wildman–Crippen LogP) is 0.983. The van der Waals surface area contributed by atoms with E-state index in [0.717, 1.165) is 24.5 Å². The van der Waals surface area contributed by atoms with Gasteiger partial charge in [0.25, 0.3) is 0 Å². The van der Waals surface area contributed by atoms with E-state index in [1.165, 1.54) is 0 Å². The third kappa shape index (κ3) is 4.52. The molecule has 0 rings (SSSR count). The first-order valence-corrected chi connectivity index (χ1v) is 5.85. The van der Waals surface area contributed by atoms with Crippen molar-refractivity contribution in [3.63, 3.8) is 0 Å². The summed E-state index contributed by atoms with van der Waals surface area (Å²) < 4.78 is 0. The molecule has 0 aliphatic carbocycles. The van der Waals surface area contributed by atoms with E-state index in [2.05, 4.69) is 12.2 Å². The number of primary amides is 1. The number of rotatable bonds is 7. The highest BCUT2D eigenvalue weighted by atomic mass is 32.2. The zero-order valence-corrected chi connectivity index (χ0v) is 9.54. The van der Waals surface area contributed by atoms with Gasteiger partial charge in [-0.15, -0.1) is 0 Å². The molecular weight excluding hydrogens is 184 g/mol. The fourth-order valence-corrected chi connectivity index (χ4v) is 2.11. The van der Waals surface area contributed by atoms with Gasteiger partial charge in [-0.25, -0.2) is 0 Å². The van der Waals surface area contributed by atoms with E-state index in [4.69, 9.17) is 5.73 Å². The molecule has 0 aromatic heterocycles. The van der Waals surface area contributed by atoms with Gasteiger partial charge in [0.15, 0.2) is 0 Å². The number of carbonyl (C=O) groups excluding carboxylic acids is 1. The second-order valence-corrected chi connectivity index (χ2v) is 4.38. The van der Waals surface area contributed by atoms with Crippen molar-refractivity contribution in [1.29, 1.82) is 0 Å². The number of thioether (sulfide) groups is 1. The number of nitrogens with two attached hydrogens (primary N) is 1. The molecule has 1 amide bonds. The second-order valence-electron chi connectivity index (χ2n) is 3.28. The summed E-state index contributed by atoms with van der Waals surface area (Å²) in [7, 11) is 0. The molecule has 1 atom stereocenters. The summed E-state index contributed by atoms with van der Waals surface area (Å²) in [6.07, 6.45) is 1.13. The summed E-state index contributed by atoms with van der Waals surface area (Å²) in [6.45, 7) is 6.74. The number of nitrogens with one attached hydrogen (secondary N) is 1. The molecule has 0 saturated heterocycles. The van der Waals surface area contributed by atoms with E-state index < -0.39 is 5.54 Å². The van der Waals surface area contributed by atoms with Crippen LogP contribution in [0.15, 0.2) is 0 Å². The summed E-state index contributed by atoms with van der Waals surface area (Å²) in [5, 5.41) is 3.12. The van der Waals surface area contributed by atoms with Crippen LogP contribution in [0.25, 0.3) is 0 Å². The van der Waals surface area contributed by atoms with Gasteiger partial charge in [0.1, 0.15) is 5.54 Å². The normalized spacial score (nSPS) is 15.3. The maximum Gasteiger partial charge on any atom is 0.238 e. The maximum atomic E-state index is 11.2. The Balaban J connectivity index is 4.00. The van der Waals surface area contributed by atoms with Gasteiger partial charge >= 0.3 is 0 Å². The first kappa shape index (κ1) is 12.8. The largest absolute Gasteiger partial charge is 0.368 e. The molecule has 0 spiro atoms. The van der Waals surface area contributed by atoms with Crippen LogP contribution in [0.2, 0.25) is 0 Å². The fraction of sp³-hybridized carbons (Fsp3) is 0.889. The minimum atomic E-state index is -0.547. The van der Waals surface area contributed by atoms with Crippen molar-refractivity contribution in [2.45, 2.75) is 32.7 Å². The molecule has 0 bridgehead atoms. The van der Waals surface area contributed by atoms with E-state index in [9.17, 15) is 4.79 Å². The highest BCUT2D eigenvalue weighted by Crippen LogP contribution is 2.13. The first-order chi connectivity index (χ1) is 6.06. The highest BCUT2D eigenvalue weighted by Gasteiger charge is 2.29. The minimum Gasteiger partial charge on any atom is -0.368 e. The average molecular weight is 204 g/mol. The number of likely N-dealkylation sites (N-methyl/N-ethyl adjacent to an activating group) is 1. The second kappa shape index (κ2) is 6.27. The molecule has 0 aliphatic rings. The van der Waals surface area contributed by atoms with Gasteiger partial charge in [-0.2, -0.15) is 11.8 Å². The number of carbonyl (C=O) groups is 1. The van der Waals surface area contributed by atoms with Gasteiger partial charge < -0.3 is 11.1 Å². The molecule has 3 nitrogen and oxygen atoms in total. The van der Waals surface area contributed by atoms with E-state index in [-0.39, 0.29) is 5.91 Å². The van der Waals surface area contributed by atoms with Crippen LogP contribution in [-0.4, -0.2) is 29.5 Å². The van der Waals surface area contributed by atoms with Gasteiger partial charge in [-0.05, 0) is 25.6 Å². The summed E-state index contributed by atoms with van der Waals surface area (Å²) in [6, 6.07) is 0. The van der Waals surface area contributed by atoms with Crippen molar-refractivity contribution in [2.75, 3.05) is 18.1 Å². The van der Waals surface area contributed by atoms with Crippen LogP contribution in [0, 0.1) is 0 Å². The summed E-state index contributed by atoms with van der Waals surface area (Å²) in [5.41, 5.74) is 4.78. The van der Waals surface area contributed by atoms with Crippen molar-refractivity contribution in [3.8, 4) is 0 Å². The molecule has 0 aromatic rings. The lowest BCUT2D eigenvalue weighted by molar-refractivity contribution is -0.122. The van der Waals surface area contributed by atoms with Crippen molar-refractivity contribution in [3.05, 3.63) is 0 Å². The predicted molar refractivity (Wildman–Crippen MR) is 58.9 cm³/mol. The Hall–Kier alpha value is -0.220. The SMILES string of the molecule is CCCSCC(C)(NCC)C(N)=O. The molecule has 0 aliphatic heterocycles. The topological polar surface area (TPSA) is 55.1 Å². The number of amides is 1. The molecule has 0 fully saturated rings. The van der Waals surface area contributed by atoms with Gasteiger partial charge in [-0.1, -0.05) is 13.8 Å². The Kier molecular flexibility index (Phi) is 6.16. The molecule has 0 aromatic carbocycles. The molecule has 13 heavy (non-hydrogen) atoms. The van der Waals surface area contributed by atoms with Gasteiger partial charge in [0.05, 0.1) is 0 Å².